The Kier molecular flexibility index (Phi) is 4.61. The van der Waals surface area contributed by atoms with Gasteiger partial charge in [0.15, 0.2) is 0 Å². The molecule has 0 aromatic rings. The van der Waals surface area contributed by atoms with Crippen molar-refractivity contribution in [3.63, 3.8) is 0 Å². The summed E-state index contributed by atoms with van der Waals surface area (Å²) in [6.07, 6.45) is 11.5. The van der Waals surface area contributed by atoms with Gasteiger partial charge in [-0.2, -0.15) is 0 Å². The van der Waals surface area contributed by atoms with E-state index in [9.17, 15) is 8.42 Å². The van der Waals surface area contributed by atoms with Crippen molar-refractivity contribution in [1.29, 1.82) is 0 Å². The first kappa shape index (κ1) is 15.3. The molecule has 2 saturated carbocycles. The van der Waals surface area contributed by atoms with Crippen molar-refractivity contribution in [2.75, 3.05) is 6.26 Å². The first-order valence-corrected chi connectivity index (χ1v) is 9.73. The molecule has 3 unspecified atom stereocenters. The number of nitrogens with two attached hydrogens (primary N) is 1. The molecule has 2 rings (SSSR count). The summed E-state index contributed by atoms with van der Waals surface area (Å²) in [7, 11) is -2.90. The normalized spacial score (nSPS) is 33.8. The van der Waals surface area contributed by atoms with E-state index >= 15 is 0 Å². The Labute approximate surface area is 118 Å². The molecule has 2 N–H and O–H groups in total. The molecule has 0 aromatic heterocycles. The maximum Gasteiger partial charge on any atom is 0.150 e. The lowest BCUT2D eigenvalue weighted by atomic mass is 9.65. The minimum atomic E-state index is -2.90. The molecule has 0 heterocycles. The summed E-state index contributed by atoms with van der Waals surface area (Å²) < 4.78 is 23.5. The average Bonchev–Trinajstić information content (AvgIpc) is 2.38. The van der Waals surface area contributed by atoms with Crippen LogP contribution in [0.4, 0.5) is 0 Å². The van der Waals surface area contributed by atoms with Crippen molar-refractivity contribution in [1.82, 2.24) is 0 Å². The molecule has 0 saturated heterocycles. The topological polar surface area (TPSA) is 60.2 Å². The summed E-state index contributed by atoms with van der Waals surface area (Å²) in [5.41, 5.74) is 6.81. The van der Waals surface area contributed by atoms with E-state index in [0.29, 0.717) is 5.92 Å². The van der Waals surface area contributed by atoms with Crippen LogP contribution in [0.3, 0.4) is 0 Å². The molecule has 3 atom stereocenters. The molecule has 0 bridgehead atoms. The maximum atomic E-state index is 11.8. The second kappa shape index (κ2) is 5.72. The van der Waals surface area contributed by atoms with Crippen LogP contribution in [0.5, 0.6) is 0 Å². The fraction of sp³-hybridized carbons (Fsp3) is 1.00. The fourth-order valence-corrected chi connectivity index (χ4v) is 5.35. The minimum Gasteiger partial charge on any atom is -0.327 e. The van der Waals surface area contributed by atoms with Gasteiger partial charge in [0, 0.05) is 12.3 Å². The molecule has 0 aliphatic heterocycles. The number of hydrogen-bond donors (Lipinski definition) is 1. The van der Waals surface area contributed by atoms with Crippen molar-refractivity contribution >= 4 is 9.84 Å². The molecular formula is C15H29NO2S. The van der Waals surface area contributed by atoms with Gasteiger partial charge >= 0.3 is 0 Å². The minimum absolute atomic E-state index is 0.149. The zero-order chi connectivity index (χ0) is 14.1. The van der Waals surface area contributed by atoms with Crippen molar-refractivity contribution in [3.05, 3.63) is 0 Å². The Hall–Kier alpha value is -0.0900. The number of hydrogen-bond acceptors (Lipinski definition) is 3. The molecule has 19 heavy (non-hydrogen) atoms. The van der Waals surface area contributed by atoms with Gasteiger partial charge in [-0.1, -0.05) is 32.6 Å². The summed E-state index contributed by atoms with van der Waals surface area (Å²) >= 11 is 0. The standard InChI is InChI=1S/C15H29NO2S/c1-15(9-4-3-5-10-15)14(16)12-7-6-8-13(11-12)19(2,17)18/h12-14H,3-11,16H2,1-2H3. The van der Waals surface area contributed by atoms with E-state index in [1.165, 1.54) is 38.4 Å². The van der Waals surface area contributed by atoms with Crippen molar-refractivity contribution in [2.24, 2.45) is 17.1 Å². The summed E-state index contributed by atoms with van der Waals surface area (Å²) in [6.45, 7) is 2.32. The highest BCUT2D eigenvalue weighted by Crippen LogP contribution is 2.43. The zero-order valence-electron chi connectivity index (χ0n) is 12.4. The quantitative estimate of drug-likeness (QED) is 0.868. The molecule has 2 aliphatic carbocycles. The summed E-state index contributed by atoms with van der Waals surface area (Å²) in [5, 5.41) is -0.149. The van der Waals surface area contributed by atoms with Crippen LogP contribution in [0.1, 0.15) is 64.7 Å². The predicted octanol–water partition coefficient (Wildman–Crippen LogP) is 2.89. The monoisotopic (exact) mass is 287 g/mol. The Bertz CT molecular complexity index is 398. The fourth-order valence-electron chi connectivity index (χ4n) is 4.16. The second-order valence-corrected chi connectivity index (χ2v) is 9.44. The van der Waals surface area contributed by atoms with Gasteiger partial charge in [-0.15, -0.1) is 0 Å². The number of rotatable bonds is 3. The first-order chi connectivity index (χ1) is 8.83. The third-order valence-electron chi connectivity index (χ3n) is 5.58. The molecule has 112 valence electrons. The Morgan fingerprint density at radius 3 is 2.32 bits per heavy atom. The summed E-state index contributed by atoms with van der Waals surface area (Å²) in [4.78, 5) is 0. The van der Waals surface area contributed by atoms with Crippen LogP contribution >= 0.6 is 0 Å². The van der Waals surface area contributed by atoms with E-state index in [0.717, 1.165) is 25.7 Å². The molecule has 0 amide bonds. The Balaban J connectivity index is 2.04. The lowest BCUT2D eigenvalue weighted by molar-refractivity contribution is 0.112. The maximum absolute atomic E-state index is 11.8. The first-order valence-electron chi connectivity index (χ1n) is 7.77. The molecule has 3 nitrogen and oxygen atoms in total. The van der Waals surface area contributed by atoms with Gasteiger partial charge in [-0.05, 0) is 43.4 Å². The van der Waals surface area contributed by atoms with Gasteiger partial charge in [-0.25, -0.2) is 8.42 Å². The molecule has 2 fully saturated rings. The Morgan fingerprint density at radius 1 is 1.11 bits per heavy atom. The van der Waals surface area contributed by atoms with Gasteiger partial charge in [0.05, 0.1) is 5.25 Å². The smallest absolute Gasteiger partial charge is 0.150 e. The Morgan fingerprint density at radius 2 is 1.74 bits per heavy atom. The SMILES string of the molecule is CC1(C(N)C2CCCC(S(C)(=O)=O)C2)CCCCC1. The second-order valence-electron chi connectivity index (χ2n) is 7.12. The van der Waals surface area contributed by atoms with E-state index in [2.05, 4.69) is 6.92 Å². The van der Waals surface area contributed by atoms with Crippen LogP contribution in [0.2, 0.25) is 0 Å². The third-order valence-corrected chi connectivity index (χ3v) is 7.22. The van der Waals surface area contributed by atoms with Crippen LogP contribution in [-0.4, -0.2) is 26.0 Å². The van der Waals surface area contributed by atoms with E-state index in [-0.39, 0.29) is 16.7 Å². The highest BCUT2D eigenvalue weighted by Gasteiger charge is 2.40. The van der Waals surface area contributed by atoms with Crippen LogP contribution in [-0.2, 0) is 9.84 Å². The summed E-state index contributed by atoms with van der Waals surface area (Å²) in [6, 6.07) is 0.178. The van der Waals surface area contributed by atoms with Crippen LogP contribution in [0.15, 0.2) is 0 Å². The van der Waals surface area contributed by atoms with Crippen molar-refractivity contribution in [3.8, 4) is 0 Å². The molecular weight excluding hydrogens is 258 g/mol. The van der Waals surface area contributed by atoms with Crippen molar-refractivity contribution in [2.45, 2.75) is 76.0 Å². The van der Waals surface area contributed by atoms with E-state index in [4.69, 9.17) is 5.73 Å². The van der Waals surface area contributed by atoms with Crippen LogP contribution in [0.25, 0.3) is 0 Å². The van der Waals surface area contributed by atoms with E-state index in [1.54, 1.807) is 0 Å². The van der Waals surface area contributed by atoms with Gasteiger partial charge in [0.1, 0.15) is 9.84 Å². The molecule has 0 radical (unpaired) electrons. The zero-order valence-corrected chi connectivity index (χ0v) is 13.2. The van der Waals surface area contributed by atoms with Gasteiger partial charge < -0.3 is 5.73 Å². The lowest BCUT2D eigenvalue weighted by Gasteiger charge is -2.44. The third kappa shape index (κ3) is 3.52. The molecule has 2 aliphatic rings. The average molecular weight is 287 g/mol. The van der Waals surface area contributed by atoms with Gasteiger partial charge in [0.25, 0.3) is 0 Å². The molecule has 4 heteroatoms. The van der Waals surface area contributed by atoms with Gasteiger partial charge in [-0.3, -0.25) is 0 Å². The van der Waals surface area contributed by atoms with Crippen LogP contribution in [0, 0.1) is 11.3 Å². The lowest BCUT2D eigenvalue weighted by Crippen LogP contribution is -2.48. The van der Waals surface area contributed by atoms with Crippen LogP contribution < -0.4 is 5.73 Å². The van der Waals surface area contributed by atoms with Gasteiger partial charge in [0.2, 0.25) is 0 Å². The summed E-state index contributed by atoms with van der Waals surface area (Å²) in [5.74, 6) is 0.400. The highest BCUT2D eigenvalue weighted by molar-refractivity contribution is 7.91. The predicted molar refractivity (Wildman–Crippen MR) is 79.8 cm³/mol. The number of sulfone groups is 1. The molecule has 0 spiro atoms. The molecule has 0 aromatic carbocycles. The van der Waals surface area contributed by atoms with Crippen molar-refractivity contribution < 1.29 is 8.42 Å². The van der Waals surface area contributed by atoms with E-state index in [1.807, 2.05) is 0 Å². The largest absolute Gasteiger partial charge is 0.327 e. The highest BCUT2D eigenvalue weighted by atomic mass is 32.2. The van der Waals surface area contributed by atoms with E-state index < -0.39 is 9.84 Å².